The standard InChI is InChI=1S/C22H26O3S/c1-3-5-15-21(4-2)16-26(23,24)19-14-10-9-13-18(19)22(20(21)25-22)17-11-7-6-8-12-17/h6-14,20H,3-5,15-16H2,1-2H3/t20?,21-,22-/m1/s1. The van der Waals surface area contributed by atoms with Crippen LogP contribution < -0.4 is 0 Å². The Balaban J connectivity index is 1.96. The van der Waals surface area contributed by atoms with Gasteiger partial charge in [-0.05, 0) is 24.5 Å². The normalized spacial score (nSPS) is 31.5. The second-order valence-electron chi connectivity index (χ2n) is 7.67. The Morgan fingerprint density at radius 2 is 1.73 bits per heavy atom. The van der Waals surface area contributed by atoms with Gasteiger partial charge in [0.25, 0.3) is 0 Å². The summed E-state index contributed by atoms with van der Waals surface area (Å²) in [5, 5.41) is 0. The second kappa shape index (κ2) is 6.21. The maximum Gasteiger partial charge on any atom is 0.179 e. The summed E-state index contributed by atoms with van der Waals surface area (Å²) >= 11 is 0. The zero-order valence-electron chi connectivity index (χ0n) is 15.4. The highest BCUT2D eigenvalue weighted by atomic mass is 32.2. The quantitative estimate of drug-likeness (QED) is 0.717. The van der Waals surface area contributed by atoms with Gasteiger partial charge in [-0.1, -0.05) is 75.2 Å². The molecule has 26 heavy (non-hydrogen) atoms. The summed E-state index contributed by atoms with van der Waals surface area (Å²) in [5.41, 5.74) is 0.890. The predicted molar refractivity (Wildman–Crippen MR) is 103 cm³/mol. The molecule has 4 rings (SSSR count). The van der Waals surface area contributed by atoms with Gasteiger partial charge in [0, 0.05) is 11.0 Å². The largest absolute Gasteiger partial charge is 0.355 e. The summed E-state index contributed by atoms with van der Waals surface area (Å²) in [7, 11) is -3.36. The predicted octanol–water partition coefficient (Wildman–Crippen LogP) is 4.70. The van der Waals surface area contributed by atoms with Gasteiger partial charge in [0.15, 0.2) is 9.84 Å². The molecule has 2 heterocycles. The van der Waals surface area contributed by atoms with E-state index in [9.17, 15) is 8.42 Å². The lowest BCUT2D eigenvalue weighted by molar-refractivity contribution is 0.191. The molecule has 3 nitrogen and oxygen atoms in total. The molecule has 0 spiro atoms. The van der Waals surface area contributed by atoms with E-state index >= 15 is 0 Å². The zero-order chi connectivity index (χ0) is 18.4. The zero-order valence-corrected chi connectivity index (χ0v) is 16.3. The molecule has 0 aromatic heterocycles. The first-order chi connectivity index (χ1) is 12.5. The number of rotatable bonds is 5. The lowest BCUT2D eigenvalue weighted by atomic mass is 9.71. The summed E-state index contributed by atoms with van der Waals surface area (Å²) in [6.45, 7) is 4.26. The SMILES string of the molecule is CCCC[C@]1(CC)CS(=O)(=O)c2ccccc2[C@@]2(c3ccccc3)OC12. The van der Waals surface area contributed by atoms with Gasteiger partial charge >= 0.3 is 0 Å². The molecule has 0 bridgehead atoms. The minimum absolute atomic E-state index is 0.0904. The molecular weight excluding hydrogens is 344 g/mol. The van der Waals surface area contributed by atoms with Crippen LogP contribution in [0.25, 0.3) is 0 Å². The molecule has 2 aliphatic rings. The van der Waals surface area contributed by atoms with Gasteiger partial charge in [-0.3, -0.25) is 0 Å². The number of hydrogen-bond donors (Lipinski definition) is 0. The molecule has 2 aromatic rings. The summed E-state index contributed by atoms with van der Waals surface area (Å²) < 4.78 is 33.1. The first kappa shape index (κ1) is 17.7. The third kappa shape index (κ3) is 2.46. The number of epoxide rings is 1. The third-order valence-corrected chi connectivity index (χ3v) is 8.19. The first-order valence-corrected chi connectivity index (χ1v) is 11.2. The summed E-state index contributed by atoms with van der Waals surface area (Å²) in [5.74, 6) is 0.173. The van der Waals surface area contributed by atoms with Crippen molar-refractivity contribution in [3.05, 3.63) is 65.7 Å². The van der Waals surface area contributed by atoms with E-state index in [4.69, 9.17) is 4.74 Å². The van der Waals surface area contributed by atoms with Gasteiger partial charge < -0.3 is 4.74 Å². The molecule has 0 radical (unpaired) electrons. The highest BCUT2D eigenvalue weighted by molar-refractivity contribution is 7.91. The van der Waals surface area contributed by atoms with Gasteiger partial charge in [-0.2, -0.15) is 0 Å². The summed E-state index contributed by atoms with van der Waals surface area (Å²) in [6, 6.07) is 17.5. The molecule has 1 fully saturated rings. The molecular formula is C22H26O3S. The molecule has 0 saturated carbocycles. The van der Waals surface area contributed by atoms with Crippen molar-refractivity contribution in [1.82, 2.24) is 0 Å². The van der Waals surface area contributed by atoms with E-state index in [0.717, 1.165) is 36.8 Å². The van der Waals surface area contributed by atoms with Crippen molar-refractivity contribution < 1.29 is 13.2 Å². The molecule has 0 amide bonds. The van der Waals surface area contributed by atoms with E-state index in [1.165, 1.54) is 0 Å². The van der Waals surface area contributed by atoms with Crippen LogP contribution >= 0.6 is 0 Å². The topological polar surface area (TPSA) is 46.7 Å². The number of fused-ring (bicyclic) bond motifs is 3. The van der Waals surface area contributed by atoms with E-state index < -0.39 is 15.4 Å². The lowest BCUT2D eigenvalue weighted by Gasteiger charge is -2.31. The Morgan fingerprint density at radius 3 is 2.42 bits per heavy atom. The van der Waals surface area contributed by atoms with Crippen LogP contribution in [-0.2, 0) is 20.2 Å². The van der Waals surface area contributed by atoms with Gasteiger partial charge in [0.1, 0.15) is 11.7 Å². The molecule has 2 aromatic carbocycles. The van der Waals surface area contributed by atoms with E-state index in [1.807, 2.05) is 36.4 Å². The van der Waals surface area contributed by atoms with Gasteiger partial charge in [0.05, 0.1) is 10.6 Å². The smallest absolute Gasteiger partial charge is 0.179 e. The fraction of sp³-hybridized carbons (Fsp3) is 0.455. The Bertz CT molecular complexity index is 906. The van der Waals surface area contributed by atoms with Crippen LogP contribution in [0.4, 0.5) is 0 Å². The highest BCUT2D eigenvalue weighted by Gasteiger charge is 2.70. The number of benzene rings is 2. The second-order valence-corrected chi connectivity index (χ2v) is 9.63. The lowest BCUT2D eigenvalue weighted by Crippen LogP contribution is -2.36. The Kier molecular flexibility index (Phi) is 4.24. The maximum absolute atomic E-state index is 13.3. The average Bonchev–Trinajstić information content (AvgIpc) is 3.43. The van der Waals surface area contributed by atoms with E-state index in [2.05, 4.69) is 26.0 Å². The fourth-order valence-corrected chi connectivity index (χ4v) is 7.00. The summed E-state index contributed by atoms with van der Waals surface area (Å²) in [4.78, 5) is 0.443. The van der Waals surface area contributed by atoms with Crippen molar-refractivity contribution >= 4 is 9.84 Å². The molecule has 2 aliphatic heterocycles. The van der Waals surface area contributed by atoms with Crippen LogP contribution in [0.1, 0.15) is 50.7 Å². The molecule has 138 valence electrons. The van der Waals surface area contributed by atoms with Crippen molar-refractivity contribution in [1.29, 1.82) is 0 Å². The molecule has 0 N–H and O–H groups in total. The van der Waals surface area contributed by atoms with Crippen LogP contribution in [0.5, 0.6) is 0 Å². The van der Waals surface area contributed by atoms with Crippen molar-refractivity contribution in [2.45, 2.75) is 56.1 Å². The molecule has 1 saturated heterocycles. The Labute approximate surface area is 156 Å². The van der Waals surface area contributed by atoms with Crippen molar-refractivity contribution in [2.75, 3.05) is 5.75 Å². The van der Waals surface area contributed by atoms with Crippen LogP contribution in [0.3, 0.4) is 0 Å². The molecule has 3 atom stereocenters. The fourth-order valence-electron chi connectivity index (χ4n) is 4.75. The van der Waals surface area contributed by atoms with E-state index in [0.29, 0.717) is 4.90 Å². The third-order valence-electron chi connectivity index (χ3n) is 6.21. The van der Waals surface area contributed by atoms with Crippen LogP contribution in [0.15, 0.2) is 59.5 Å². The molecule has 4 heteroatoms. The average molecular weight is 371 g/mol. The molecule has 0 aliphatic carbocycles. The van der Waals surface area contributed by atoms with Gasteiger partial charge in [0.2, 0.25) is 0 Å². The van der Waals surface area contributed by atoms with Crippen LogP contribution in [0.2, 0.25) is 0 Å². The van der Waals surface area contributed by atoms with E-state index in [1.54, 1.807) is 6.07 Å². The first-order valence-electron chi connectivity index (χ1n) is 9.56. The van der Waals surface area contributed by atoms with Crippen molar-refractivity contribution in [2.24, 2.45) is 5.41 Å². The minimum Gasteiger partial charge on any atom is -0.355 e. The summed E-state index contributed by atoms with van der Waals surface area (Å²) in [6.07, 6.45) is 3.67. The number of unbranched alkanes of at least 4 members (excludes halogenated alkanes) is 1. The van der Waals surface area contributed by atoms with Crippen molar-refractivity contribution in [3.63, 3.8) is 0 Å². The number of ether oxygens (including phenoxy) is 1. The Hall–Kier alpha value is -1.65. The Morgan fingerprint density at radius 1 is 1.04 bits per heavy atom. The maximum atomic E-state index is 13.3. The highest BCUT2D eigenvalue weighted by Crippen LogP contribution is 2.64. The minimum atomic E-state index is -3.36. The molecule has 1 unspecified atom stereocenters. The van der Waals surface area contributed by atoms with E-state index in [-0.39, 0.29) is 17.3 Å². The number of hydrogen-bond acceptors (Lipinski definition) is 3. The van der Waals surface area contributed by atoms with Crippen molar-refractivity contribution in [3.8, 4) is 0 Å². The van der Waals surface area contributed by atoms with Crippen LogP contribution in [-0.4, -0.2) is 20.3 Å². The van der Waals surface area contributed by atoms with Gasteiger partial charge in [-0.15, -0.1) is 0 Å². The van der Waals surface area contributed by atoms with Gasteiger partial charge in [-0.25, -0.2) is 8.42 Å². The van der Waals surface area contributed by atoms with Crippen LogP contribution in [0, 0.1) is 5.41 Å². The monoisotopic (exact) mass is 370 g/mol. The number of sulfone groups is 1.